The molecule has 0 unspecified atom stereocenters. The van der Waals surface area contributed by atoms with E-state index in [9.17, 15) is 0 Å². The summed E-state index contributed by atoms with van der Waals surface area (Å²) in [7, 11) is 16.7. The molecule has 2 aliphatic rings. The number of benzene rings is 5. The van der Waals surface area contributed by atoms with Crippen LogP contribution in [0, 0.1) is 0 Å². The fourth-order valence-electron chi connectivity index (χ4n) is 7.00. The summed E-state index contributed by atoms with van der Waals surface area (Å²) < 4.78 is 0. The Labute approximate surface area is 298 Å². The van der Waals surface area contributed by atoms with Crippen LogP contribution in [0.2, 0.25) is 0 Å². The van der Waals surface area contributed by atoms with Gasteiger partial charge in [-0.3, -0.25) is 0 Å². The molecule has 0 aromatic heterocycles. The molecule has 0 fully saturated rings. The molecule has 0 bridgehead atoms. The fraction of sp³-hybridized carbons (Fsp3) is 0.174. The third-order valence-electron chi connectivity index (χ3n) is 9.89. The lowest BCUT2D eigenvalue weighted by Crippen LogP contribution is -2.08. The Bertz CT molecular complexity index is 1890. The van der Waals surface area contributed by atoms with Crippen LogP contribution >= 0.6 is 0 Å². The van der Waals surface area contributed by atoms with Gasteiger partial charge in [0.1, 0.15) is 0 Å². The summed E-state index contributed by atoms with van der Waals surface area (Å²) in [5.41, 5.74) is 19.6. The Balaban J connectivity index is 1.39. The number of rotatable bonds is 8. The number of anilines is 4. The molecule has 0 radical (unpaired) electrons. The van der Waals surface area contributed by atoms with Gasteiger partial charge in [0.25, 0.3) is 0 Å². The molecule has 4 nitrogen and oxygen atoms in total. The predicted octanol–water partition coefficient (Wildman–Crippen LogP) is 9.92. The molecule has 0 amide bonds. The van der Waals surface area contributed by atoms with Crippen LogP contribution in [0.5, 0.6) is 0 Å². The minimum atomic E-state index is 1.19. The van der Waals surface area contributed by atoms with E-state index >= 15 is 0 Å². The van der Waals surface area contributed by atoms with Gasteiger partial charge in [0, 0.05) is 79.1 Å². The van der Waals surface area contributed by atoms with Crippen molar-refractivity contribution in [2.45, 2.75) is 0 Å². The Kier molecular flexibility index (Phi) is 8.71. The van der Waals surface area contributed by atoms with Gasteiger partial charge in [-0.25, -0.2) is 0 Å². The van der Waals surface area contributed by atoms with Crippen molar-refractivity contribution in [3.05, 3.63) is 166 Å². The first-order valence-electron chi connectivity index (χ1n) is 17.2. The largest absolute Gasteiger partial charge is 0.378 e. The maximum absolute atomic E-state index is 2.40. The summed E-state index contributed by atoms with van der Waals surface area (Å²) in [6, 6.07) is 40.5. The Morgan fingerprint density at radius 3 is 0.780 bits per heavy atom. The van der Waals surface area contributed by atoms with Crippen LogP contribution in [0.25, 0.3) is 34.4 Å². The molecule has 0 heterocycles. The second-order valence-electron chi connectivity index (χ2n) is 14.0. The quantitative estimate of drug-likeness (QED) is 0.165. The third kappa shape index (κ3) is 6.14. The highest BCUT2D eigenvalue weighted by atomic mass is 15.1. The smallest absolute Gasteiger partial charge is 0.0361 e. The number of nitrogens with zero attached hydrogens (tertiary/aromatic N) is 4. The van der Waals surface area contributed by atoms with E-state index in [1.165, 1.54) is 89.5 Å². The minimum Gasteiger partial charge on any atom is -0.378 e. The number of allylic oxidation sites excluding steroid dienone is 4. The van der Waals surface area contributed by atoms with E-state index < -0.39 is 0 Å². The third-order valence-corrected chi connectivity index (χ3v) is 9.89. The zero-order valence-electron chi connectivity index (χ0n) is 30.5. The summed E-state index contributed by atoms with van der Waals surface area (Å²) in [5.74, 6) is 0. The lowest BCUT2D eigenvalue weighted by Gasteiger charge is -2.19. The van der Waals surface area contributed by atoms with Crippen LogP contribution in [0.15, 0.2) is 121 Å². The second kappa shape index (κ2) is 13.3. The molecule has 0 saturated carbocycles. The van der Waals surface area contributed by atoms with Crippen molar-refractivity contribution in [1.29, 1.82) is 0 Å². The van der Waals surface area contributed by atoms with Gasteiger partial charge in [0.15, 0.2) is 0 Å². The van der Waals surface area contributed by atoms with Crippen LogP contribution in [-0.4, -0.2) is 56.4 Å². The molecule has 4 heteroatoms. The highest BCUT2D eigenvalue weighted by Gasteiger charge is 2.24. The first kappa shape index (κ1) is 32.8. The van der Waals surface area contributed by atoms with E-state index in [2.05, 4.69) is 209 Å². The molecular formula is C46H46N4. The Morgan fingerprint density at radius 1 is 0.320 bits per heavy atom. The molecule has 50 heavy (non-hydrogen) atoms. The van der Waals surface area contributed by atoms with Gasteiger partial charge in [0.05, 0.1) is 0 Å². The van der Waals surface area contributed by atoms with Gasteiger partial charge in [-0.15, -0.1) is 0 Å². The van der Waals surface area contributed by atoms with Crippen LogP contribution in [0.3, 0.4) is 0 Å². The number of hydrogen-bond acceptors (Lipinski definition) is 4. The summed E-state index contributed by atoms with van der Waals surface area (Å²) in [4.78, 5) is 8.59. The van der Waals surface area contributed by atoms with E-state index in [1.807, 2.05) is 0 Å². The molecule has 5 aromatic carbocycles. The second-order valence-corrected chi connectivity index (χ2v) is 14.0. The topological polar surface area (TPSA) is 13.0 Å². The maximum Gasteiger partial charge on any atom is 0.0361 e. The zero-order valence-corrected chi connectivity index (χ0v) is 30.5. The lowest BCUT2D eigenvalue weighted by atomic mass is 9.87. The summed E-state index contributed by atoms with van der Waals surface area (Å²) in [6.07, 6.45) is 9.20. The van der Waals surface area contributed by atoms with E-state index in [0.717, 1.165) is 0 Å². The van der Waals surface area contributed by atoms with Gasteiger partial charge in [-0.2, -0.15) is 0 Å². The van der Waals surface area contributed by atoms with Gasteiger partial charge in [-0.1, -0.05) is 72.8 Å². The van der Waals surface area contributed by atoms with Gasteiger partial charge in [-0.05, 0) is 127 Å². The molecule has 250 valence electrons. The number of fused-ring (bicyclic) bond motifs is 2. The van der Waals surface area contributed by atoms with Crippen LogP contribution < -0.4 is 19.6 Å². The first-order valence-corrected chi connectivity index (χ1v) is 17.2. The molecule has 0 spiro atoms. The predicted molar refractivity (Wildman–Crippen MR) is 219 cm³/mol. The zero-order chi connectivity index (χ0) is 35.1. The van der Waals surface area contributed by atoms with Crippen LogP contribution in [0.4, 0.5) is 22.7 Å². The van der Waals surface area contributed by atoms with E-state index in [1.54, 1.807) is 0 Å². The first-order chi connectivity index (χ1) is 24.1. The average molecular weight is 655 g/mol. The minimum absolute atomic E-state index is 1.19. The molecular weight excluding hydrogens is 609 g/mol. The van der Waals surface area contributed by atoms with Crippen molar-refractivity contribution in [2.75, 3.05) is 76.0 Å². The lowest BCUT2D eigenvalue weighted by molar-refractivity contribution is 1.13. The van der Waals surface area contributed by atoms with E-state index in [4.69, 9.17) is 0 Å². The normalized spacial score (nSPS) is 12.6. The molecule has 5 aromatic rings. The van der Waals surface area contributed by atoms with Crippen molar-refractivity contribution >= 4 is 57.2 Å². The highest BCUT2D eigenvalue weighted by Crippen LogP contribution is 2.45. The standard InChI is InChI=1S/C46H46N4/c1-47(2)37-19-9-31(10-20-37)45(32-11-21-38(22-12-32)48(3)4)41-27-17-35-30-44-36(29-43(35)41)18-28-42(44)46(33-13-23-39(24-14-33)49(5)6)34-15-25-40(26-16-34)50(7)8/h9-30H,1-8H3. The Morgan fingerprint density at radius 2 is 0.560 bits per heavy atom. The molecule has 0 N–H and O–H groups in total. The summed E-state index contributed by atoms with van der Waals surface area (Å²) in [5, 5.41) is 0. The summed E-state index contributed by atoms with van der Waals surface area (Å²) in [6.45, 7) is 0. The van der Waals surface area contributed by atoms with Crippen molar-refractivity contribution in [2.24, 2.45) is 0 Å². The number of hydrogen-bond donors (Lipinski definition) is 0. The van der Waals surface area contributed by atoms with Crippen LogP contribution in [-0.2, 0) is 0 Å². The monoisotopic (exact) mass is 654 g/mol. The summed E-state index contributed by atoms with van der Waals surface area (Å²) >= 11 is 0. The molecule has 0 saturated heterocycles. The highest BCUT2D eigenvalue weighted by molar-refractivity contribution is 6.12. The van der Waals surface area contributed by atoms with Gasteiger partial charge in [0.2, 0.25) is 0 Å². The Hall–Kier alpha value is -5.74. The van der Waals surface area contributed by atoms with Gasteiger partial charge >= 0.3 is 0 Å². The van der Waals surface area contributed by atoms with Crippen molar-refractivity contribution in [1.82, 2.24) is 0 Å². The van der Waals surface area contributed by atoms with Crippen molar-refractivity contribution in [3.63, 3.8) is 0 Å². The maximum atomic E-state index is 2.40. The SMILES string of the molecule is CN(C)c1ccc(C(=C2C=Cc3cc4c(cc32)C=CC4=C(c2ccc(N(C)C)cc2)c2ccc(N(C)C)cc2)c2ccc(N(C)C)cc2)cc1. The van der Waals surface area contributed by atoms with Crippen LogP contribution in [0.1, 0.15) is 44.5 Å². The average Bonchev–Trinajstić information content (AvgIpc) is 3.72. The van der Waals surface area contributed by atoms with Crippen molar-refractivity contribution < 1.29 is 0 Å². The van der Waals surface area contributed by atoms with E-state index in [-0.39, 0.29) is 0 Å². The molecule has 2 aliphatic carbocycles. The molecule has 0 atom stereocenters. The molecule has 7 rings (SSSR count). The van der Waals surface area contributed by atoms with Gasteiger partial charge < -0.3 is 19.6 Å². The fourth-order valence-corrected chi connectivity index (χ4v) is 7.00. The van der Waals surface area contributed by atoms with Crippen molar-refractivity contribution in [3.8, 4) is 0 Å². The van der Waals surface area contributed by atoms with E-state index in [0.29, 0.717) is 0 Å². The molecule has 0 aliphatic heterocycles.